The van der Waals surface area contributed by atoms with Gasteiger partial charge in [-0.2, -0.15) is 0 Å². The average molecular weight is 299 g/mol. The maximum Gasteiger partial charge on any atom is 0.231 e. The van der Waals surface area contributed by atoms with E-state index in [4.69, 9.17) is 24.7 Å². The van der Waals surface area contributed by atoms with Crippen LogP contribution in [-0.2, 0) is 6.42 Å². The first-order chi connectivity index (χ1) is 10.8. The number of nitrogens with two attached hydrogens (primary N) is 1. The van der Waals surface area contributed by atoms with Crippen LogP contribution < -0.4 is 24.7 Å². The van der Waals surface area contributed by atoms with Crippen LogP contribution in [0.15, 0.2) is 36.4 Å². The number of fused-ring (bicyclic) bond motifs is 2. The van der Waals surface area contributed by atoms with Crippen molar-refractivity contribution in [3.8, 4) is 23.0 Å². The van der Waals surface area contributed by atoms with Gasteiger partial charge in [-0.05, 0) is 41.8 Å². The lowest BCUT2D eigenvalue weighted by molar-refractivity contribution is 0.171. The van der Waals surface area contributed by atoms with Gasteiger partial charge in [0.25, 0.3) is 0 Å². The Labute approximate surface area is 128 Å². The van der Waals surface area contributed by atoms with E-state index in [1.807, 2.05) is 36.4 Å². The number of rotatable bonds is 3. The average Bonchev–Trinajstić information content (AvgIpc) is 3.02. The van der Waals surface area contributed by atoms with Crippen LogP contribution in [0.2, 0.25) is 0 Å². The standard InChI is InChI=1S/C17H17NO4/c18-13(12-2-4-15-17(9-12)22-10-21-15)7-11-1-3-14-16(8-11)20-6-5-19-14/h1-4,8-9,13H,5-7,10,18H2. The first-order valence-electron chi connectivity index (χ1n) is 7.33. The molecule has 0 saturated carbocycles. The zero-order valence-corrected chi connectivity index (χ0v) is 12.1. The fourth-order valence-corrected chi connectivity index (χ4v) is 2.73. The van der Waals surface area contributed by atoms with Gasteiger partial charge in [0, 0.05) is 6.04 Å². The van der Waals surface area contributed by atoms with Crippen LogP contribution in [0.4, 0.5) is 0 Å². The Hall–Kier alpha value is -2.40. The molecule has 0 aromatic heterocycles. The van der Waals surface area contributed by atoms with Crippen molar-refractivity contribution >= 4 is 0 Å². The van der Waals surface area contributed by atoms with E-state index < -0.39 is 0 Å². The molecule has 0 saturated heterocycles. The highest BCUT2D eigenvalue weighted by atomic mass is 16.7. The third kappa shape index (κ3) is 2.44. The minimum atomic E-state index is -0.114. The minimum Gasteiger partial charge on any atom is -0.486 e. The Kier molecular flexibility index (Phi) is 3.27. The van der Waals surface area contributed by atoms with Gasteiger partial charge in [0.2, 0.25) is 6.79 Å². The summed E-state index contributed by atoms with van der Waals surface area (Å²) in [5.74, 6) is 3.12. The molecule has 0 radical (unpaired) electrons. The summed E-state index contributed by atoms with van der Waals surface area (Å²) in [6.45, 7) is 1.46. The number of hydrogen-bond donors (Lipinski definition) is 1. The molecule has 2 N–H and O–H groups in total. The molecule has 2 heterocycles. The van der Waals surface area contributed by atoms with E-state index in [0.717, 1.165) is 40.5 Å². The van der Waals surface area contributed by atoms with Crippen molar-refractivity contribution in [2.75, 3.05) is 20.0 Å². The van der Waals surface area contributed by atoms with Crippen molar-refractivity contribution < 1.29 is 18.9 Å². The van der Waals surface area contributed by atoms with Gasteiger partial charge in [0.05, 0.1) is 0 Å². The second-order valence-electron chi connectivity index (χ2n) is 5.40. The summed E-state index contributed by atoms with van der Waals surface area (Å²) in [7, 11) is 0. The molecule has 5 nitrogen and oxygen atoms in total. The van der Waals surface area contributed by atoms with E-state index in [1.54, 1.807) is 0 Å². The molecule has 2 aliphatic rings. The molecule has 0 fully saturated rings. The van der Waals surface area contributed by atoms with Crippen LogP contribution in [0.1, 0.15) is 17.2 Å². The summed E-state index contributed by atoms with van der Waals surface area (Å²) in [6.07, 6.45) is 0.719. The molecule has 2 aromatic carbocycles. The normalized spacial score (nSPS) is 16.4. The molecule has 114 valence electrons. The van der Waals surface area contributed by atoms with E-state index in [2.05, 4.69) is 0 Å². The molecule has 4 rings (SSSR count). The van der Waals surface area contributed by atoms with Crippen molar-refractivity contribution in [3.05, 3.63) is 47.5 Å². The lowest BCUT2D eigenvalue weighted by atomic mass is 9.99. The smallest absolute Gasteiger partial charge is 0.231 e. The van der Waals surface area contributed by atoms with Gasteiger partial charge in [-0.3, -0.25) is 0 Å². The van der Waals surface area contributed by atoms with Crippen molar-refractivity contribution in [2.24, 2.45) is 5.73 Å². The summed E-state index contributed by atoms with van der Waals surface area (Å²) in [4.78, 5) is 0. The number of benzene rings is 2. The largest absolute Gasteiger partial charge is 0.486 e. The van der Waals surface area contributed by atoms with Gasteiger partial charge in [-0.25, -0.2) is 0 Å². The van der Waals surface area contributed by atoms with E-state index in [9.17, 15) is 0 Å². The van der Waals surface area contributed by atoms with Crippen LogP contribution >= 0.6 is 0 Å². The Morgan fingerprint density at radius 2 is 1.50 bits per heavy atom. The molecule has 1 unspecified atom stereocenters. The highest BCUT2D eigenvalue weighted by Crippen LogP contribution is 2.35. The zero-order valence-electron chi connectivity index (χ0n) is 12.1. The van der Waals surface area contributed by atoms with Gasteiger partial charge in [-0.1, -0.05) is 12.1 Å². The quantitative estimate of drug-likeness (QED) is 0.943. The molecule has 5 heteroatoms. The third-order valence-electron chi connectivity index (χ3n) is 3.89. The van der Waals surface area contributed by atoms with Gasteiger partial charge in [-0.15, -0.1) is 0 Å². The summed E-state index contributed by atoms with van der Waals surface area (Å²) < 4.78 is 21.9. The molecule has 2 aromatic rings. The molecule has 2 aliphatic heterocycles. The van der Waals surface area contributed by atoms with E-state index >= 15 is 0 Å². The van der Waals surface area contributed by atoms with Crippen molar-refractivity contribution in [1.29, 1.82) is 0 Å². The predicted octanol–water partition coefficient (Wildman–Crippen LogP) is 2.43. The van der Waals surface area contributed by atoms with Crippen LogP contribution in [0.25, 0.3) is 0 Å². The molecule has 0 aliphatic carbocycles. The summed E-state index contributed by atoms with van der Waals surface area (Å²) in [5, 5.41) is 0. The topological polar surface area (TPSA) is 62.9 Å². The van der Waals surface area contributed by atoms with Crippen LogP contribution in [0, 0.1) is 0 Å². The fraction of sp³-hybridized carbons (Fsp3) is 0.294. The van der Waals surface area contributed by atoms with Crippen LogP contribution in [0.3, 0.4) is 0 Å². The van der Waals surface area contributed by atoms with Gasteiger partial charge in [0.15, 0.2) is 23.0 Å². The Morgan fingerprint density at radius 1 is 0.818 bits per heavy atom. The Bertz CT molecular complexity index is 701. The van der Waals surface area contributed by atoms with Crippen LogP contribution in [0.5, 0.6) is 23.0 Å². The van der Waals surface area contributed by atoms with E-state index in [0.29, 0.717) is 13.2 Å². The van der Waals surface area contributed by atoms with E-state index in [1.165, 1.54) is 0 Å². The molecule has 0 spiro atoms. The van der Waals surface area contributed by atoms with Gasteiger partial charge >= 0.3 is 0 Å². The number of hydrogen-bond acceptors (Lipinski definition) is 5. The summed E-state index contributed by atoms with van der Waals surface area (Å²) in [6, 6.07) is 11.7. The van der Waals surface area contributed by atoms with E-state index in [-0.39, 0.29) is 12.8 Å². The summed E-state index contributed by atoms with van der Waals surface area (Å²) >= 11 is 0. The second kappa shape index (κ2) is 5.42. The maximum atomic E-state index is 6.33. The first kappa shape index (κ1) is 13.3. The van der Waals surface area contributed by atoms with Gasteiger partial charge in [0.1, 0.15) is 13.2 Å². The highest BCUT2D eigenvalue weighted by Gasteiger charge is 2.17. The van der Waals surface area contributed by atoms with Gasteiger partial charge < -0.3 is 24.7 Å². The molecule has 0 bridgehead atoms. The molecule has 0 amide bonds. The molecular weight excluding hydrogens is 282 g/mol. The molecular formula is C17H17NO4. The van der Waals surface area contributed by atoms with Crippen LogP contribution in [-0.4, -0.2) is 20.0 Å². The SMILES string of the molecule is NC(Cc1ccc2c(c1)OCCO2)c1ccc2c(c1)OCO2. The lowest BCUT2D eigenvalue weighted by Crippen LogP contribution is -2.16. The van der Waals surface area contributed by atoms with Crippen molar-refractivity contribution in [1.82, 2.24) is 0 Å². The fourth-order valence-electron chi connectivity index (χ4n) is 2.73. The minimum absolute atomic E-state index is 0.114. The molecule has 1 atom stereocenters. The Balaban J connectivity index is 1.53. The lowest BCUT2D eigenvalue weighted by Gasteiger charge is -2.20. The zero-order chi connectivity index (χ0) is 14.9. The first-order valence-corrected chi connectivity index (χ1v) is 7.33. The maximum absolute atomic E-state index is 6.33. The van der Waals surface area contributed by atoms with Crippen molar-refractivity contribution in [2.45, 2.75) is 12.5 Å². The third-order valence-corrected chi connectivity index (χ3v) is 3.89. The predicted molar refractivity (Wildman–Crippen MR) is 80.6 cm³/mol. The summed E-state index contributed by atoms with van der Waals surface area (Å²) in [5.41, 5.74) is 8.48. The molecule has 22 heavy (non-hydrogen) atoms. The second-order valence-corrected chi connectivity index (χ2v) is 5.40. The Morgan fingerprint density at radius 3 is 2.41 bits per heavy atom. The van der Waals surface area contributed by atoms with Crippen molar-refractivity contribution in [3.63, 3.8) is 0 Å². The highest BCUT2D eigenvalue weighted by molar-refractivity contribution is 5.47. The monoisotopic (exact) mass is 299 g/mol. The number of ether oxygens (including phenoxy) is 4.